The molecule has 2 N–H and O–H groups in total. The molecule has 1 aromatic carbocycles. The number of nitrogens with zero attached hydrogens (tertiary/aromatic N) is 3. The first-order valence-corrected chi connectivity index (χ1v) is 5.85. The number of anilines is 1. The Balaban J connectivity index is 2.54. The van der Waals surface area contributed by atoms with E-state index in [0.717, 1.165) is 15.7 Å². The van der Waals surface area contributed by atoms with Gasteiger partial charge in [0.05, 0.1) is 0 Å². The summed E-state index contributed by atoms with van der Waals surface area (Å²) in [5, 5.41) is 7.96. The number of hydrogen-bond acceptors (Lipinski definition) is 3. The van der Waals surface area contributed by atoms with E-state index in [1.807, 2.05) is 28.9 Å². The van der Waals surface area contributed by atoms with Gasteiger partial charge in [0, 0.05) is 16.1 Å². The average molecular weight is 281 g/mol. The van der Waals surface area contributed by atoms with Gasteiger partial charge in [0.1, 0.15) is 5.69 Å². The van der Waals surface area contributed by atoms with Crippen LogP contribution in [0.15, 0.2) is 28.7 Å². The van der Waals surface area contributed by atoms with E-state index >= 15 is 0 Å². The molecule has 0 aliphatic heterocycles. The Hall–Kier alpha value is -1.36. The molecular weight excluding hydrogens is 268 g/mol. The molecule has 0 saturated carbocycles. The molecule has 16 heavy (non-hydrogen) atoms. The molecule has 0 amide bonds. The van der Waals surface area contributed by atoms with Crippen LogP contribution in [0, 0.1) is 0 Å². The van der Waals surface area contributed by atoms with Crippen molar-refractivity contribution in [3.05, 3.63) is 28.7 Å². The molecule has 0 fully saturated rings. The van der Waals surface area contributed by atoms with Crippen molar-refractivity contribution >= 4 is 21.7 Å². The van der Waals surface area contributed by atoms with Gasteiger partial charge >= 0.3 is 0 Å². The molecule has 1 heterocycles. The van der Waals surface area contributed by atoms with Crippen molar-refractivity contribution in [3.63, 3.8) is 0 Å². The molecule has 0 saturated heterocycles. The van der Waals surface area contributed by atoms with E-state index in [4.69, 9.17) is 5.73 Å². The van der Waals surface area contributed by atoms with Gasteiger partial charge < -0.3 is 5.73 Å². The second-order valence-electron chi connectivity index (χ2n) is 3.87. The number of hydrogen-bond donors (Lipinski definition) is 1. The van der Waals surface area contributed by atoms with Crippen molar-refractivity contribution in [3.8, 4) is 11.3 Å². The fraction of sp³-hybridized carbons (Fsp3) is 0.273. The van der Waals surface area contributed by atoms with E-state index in [-0.39, 0.29) is 6.04 Å². The van der Waals surface area contributed by atoms with Crippen molar-refractivity contribution in [2.75, 3.05) is 5.73 Å². The summed E-state index contributed by atoms with van der Waals surface area (Å²) in [6.45, 7) is 4.10. The highest BCUT2D eigenvalue weighted by atomic mass is 79.9. The minimum absolute atomic E-state index is 0.239. The number of nitrogens with two attached hydrogens (primary N) is 1. The topological polar surface area (TPSA) is 56.7 Å². The van der Waals surface area contributed by atoms with Crippen molar-refractivity contribution in [1.29, 1.82) is 0 Å². The van der Waals surface area contributed by atoms with Gasteiger partial charge in [-0.1, -0.05) is 33.3 Å². The van der Waals surface area contributed by atoms with E-state index in [1.165, 1.54) is 0 Å². The zero-order chi connectivity index (χ0) is 11.7. The van der Waals surface area contributed by atoms with Crippen LogP contribution >= 0.6 is 15.9 Å². The zero-order valence-corrected chi connectivity index (χ0v) is 10.8. The van der Waals surface area contributed by atoms with Gasteiger partial charge in [-0.15, -0.1) is 5.10 Å². The van der Waals surface area contributed by atoms with Gasteiger partial charge in [0.25, 0.3) is 0 Å². The van der Waals surface area contributed by atoms with Crippen molar-refractivity contribution in [1.82, 2.24) is 15.0 Å². The second-order valence-corrected chi connectivity index (χ2v) is 4.78. The summed E-state index contributed by atoms with van der Waals surface area (Å²) in [5.41, 5.74) is 7.75. The van der Waals surface area contributed by atoms with Crippen LogP contribution in [-0.2, 0) is 0 Å². The van der Waals surface area contributed by atoms with Gasteiger partial charge in [-0.05, 0) is 26.0 Å². The predicted octanol–water partition coefficient (Wildman–Crippen LogP) is 2.87. The highest BCUT2D eigenvalue weighted by Crippen LogP contribution is 2.27. The average Bonchev–Trinajstić information content (AvgIpc) is 2.62. The Morgan fingerprint density at radius 1 is 1.25 bits per heavy atom. The molecule has 0 aliphatic rings. The quantitative estimate of drug-likeness (QED) is 0.920. The summed E-state index contributed by atoms with van der Waals surface area (Å²) >= 11 is 3.41. The Labute approximate surface area is 103 Å². The van der Waals surface area contributed by atoms with Crippen molar-refractivity contribution in [2.45, 2.75) is 19.9 Å². The number of nitrogen functional groups attached to an aromatic ring is 1. The van der Waals surface area contributed by atoms with E-state index in [0.29, 0.717) is 5.82 Å². The summed E-state index contributed by atoms with van der Waals surface area (Å²) < 4.78 is 2.87. The van der Waals surface area contributed by atoms with Crippen LogP contribution in [0.1, 0.15) is 19.9 Å². The first-order chi connectivity index (χ1) is 7.59. The lowest BCUT2D eigenvalue weighted by molar-refractivity contribution is 0.519. The number of halogens is 1. The number of benzene rings is 1. The summed E-state index contributed by atoms with van der Waals surface area (Å²) in [6, 6.07) is 8.19. The summed E-state index contributed by atoms with van der Waals surface area (Å²) in [5.74, 6) is 0.469. The maximum atomic E-state index is 5.84. The number of rotatable bonds is 2. The van der Waals surface area contributed by atoms with E-state index in [2.05, 4.69) is 40.1 Å². The molecule has 0 atom stereocenters. The number of aromatic nitrogens is 3. The van der Waals surface area contributed by atoms with Gasteiger partial charge in [-0.2, -0.15) is 0 Å². The Morgan fingerprint density at radius 2 is 1.88 bits per heavy atom. The van der Waals surface area contributed by atoms with Gasteiger partial charge in [-0.3, -0.25) is 0 Å². The predicted molar refractivity (Wildman–Crippen MR) is 68.0 cm³/mol. The Morgan fingerprint density at radius 3 is 2.44 bits per heavy atom. The van der Waals surface area contributed by atoms with Crippen LogP contribution in [0.2, 0.25) is 0 Å². The van der Waals surface area contributed by atoms with E-state index in [1.54, 1.807) is 0 Å². The normalized spacial score (nSPS) is 11.0. The maximum Gasteiger partial charge on any atom is 0.174 e. The largest absolute Gasteiger partial charge is 0.380 e. The van der Waals surface area contributed by atoms with Crippen LogP contribution in [0.25, 0.3) is 11.3 Å². The first kappa shape index (κ1) is 11.1. The summed E-state index contributed by atoms with van der Waals surface area (Å²) in [6.07, 6.45) is 0. The van der Waals surface area contributed by atoms with E-state index in [9.17, 15) is 0 Å². The summed E-state index contributed by atoms with van der Waals surface area (Å²) in [7, 11) is 0. The monoisotopic (exact) mass is 280 g/mol. The van der Waals surface area contributed by atoms with Gasteiger partial charge in [-0.25, -0.2) is 4.68 Å². The van der Waals surface area contributed by atoms with Crippen LogP contribution < -0.4 is 5.73 Å². The minimum atomic E-state index is 0.239. The third-order valence-electron chi connectivity index (χ3n) is 2.33. The van der Waals surface area contributed by atoms with Crippen molar-refractivity contribution < 1.29 is 0 Å². The third kappa shape index (κ3) is 1.95. The van der Waals surface area contributed by atoms with E-state index < -0.39 is 0 Å². The van der Waals surface area contributed by atoms with Gasteiger partial charge in [0.15, 0.2) is 5.82 Å². The summed E-state index contributed by atoms with van der Waals surface area (Å²) in [4.78, 5) is 0. The van der Waals surface area contributed by atoms with Crippen molar-refractivity contribution in [2.24, 2.45) is 0 Å². The molecule has 0 bridgehead atoms. The molecule has 0 aliphatic carbocycles. The fourth-order valence-electron chi connectivity index (χ4n) is 1.56. The SMILES string of the molecule is CC(C)n1nnc(N)c1-c1ccc(Br)cc1. The highest BCUT2D eigenvalue weighted by Gasteiger charge is 2.14. The lowest BCUT2D eigenvalue weighted by Crippen LogP contribution is -2.05. The molecule has 0 radical (unpaired) electrons. The third-order valence-corrected chi connectivity index (χ3v) is 2.86. The second kappa shape index (κ2) is 4.25. The first-order valence-electron chi connectivity index (χ1n) is 5.06. The Kier molecular flexibility index (Phi) is 2.96. The zero-order valence-electron chi connectivity index (χ0n) is 9.18. The Bertz CT molecular complexity index is 487. The minimum Gasteiger partial charge on any atom is -0.380 e. The van der Waals surface area contributed by atoms with Crippen LogP contribution in [0.5, 0.6) is 0 Å². The van der Waals surface area contributed by atoms with Crippen LogP contribution in [0.4, 0.5) is 5.82 Å². The molecule has 84 valence electrons. The molecule has 0 spiro atoms. The molecule has 4 nitrogen and oxygen atoms in total. The van der Waals surface area contributed by atoms with Gasteiger partial charge in [0.2, 0.25) is 0 Å². The van der Waals surface area contributed by atoms with Crippen LogP contribution in [0.3, 0.4) is 0 Å². The van der Waals surface area contributed by atoms with Crippen LogP contribution in [-0.4, -0.2) is 15.0 Å². The molecule has 1 aromatic heterocycles. The molecule has 2 rings (SSSR count). The molecule has 0 unspecified atom stereocenters. The lowest BCUT2D eigenvalue weighted by atomic mass is 10.1. The maximum absolute atomic E-state index is 5.84. The molecule has 5 heteroatoms. The molecular formula is C11H13BrN4. The highest BCUT2D eigenvalue weighted by molar-refractivity contribution is 9.10. The fourth-order valence-corrected chi connectivity index (χ4v) is 1.82. The standard InChI is InChI=1S/C11H13BrN4/c1-7(2)16-10(11(13)14-15-16)8-3-5-9(12)6-4-8/h3-7H,13H2,1-2H3. The smallest absolute Gasteiger partial charge is 0.174 e. The molecule has 2 aromatic rings. The lowest BCUT2D eigenvalue weighted by Gasteiger charge is -2.09.